The van der Waals surface area contributed by atoms with Gasteiger partial charge in [0.15, 0.2) is 0 Å². The highest BCUT2D eigenvalue weighted by atomic mass is 16.6. The largest absolute Gasteiger partial charge is 0.434 e. The summed E-state index contributed by atoms with van der Waals surface area (Å²) >= 11 is 0. The summed E-state index contributed by atoms with van der Waals surface area (Å²) in [4.78, 5) is 13.8. The lowest BCUT2D eigenvalue weighted by molar-refractivity contribution is -0.397. The van der Waals surface area contributed by atoms with Crippen LogP contribution in [0.3, 0.4) is 0 Å². The normalized spacial score (nSPS) is 12.5. The number of aliphatic hydroxyl groups is 1. The smallest absolute Gasteiger partial charge is 0.390 e. The lowest BCUT2D eigenvalue weighted by Gasteiger charge is -2.11. The topological polar surface area (TPSA) is 131 Å². The molecule has 1 aromatic rings. The third-order valence-electron chi connectivity index (χ3n) is 3.16. The van der Waals surface area contributed by atoms with E-state index in [1.807, 2.05) is 0 Å². The van der Waals surface area contributed by atoms with Crippen LogP contribution in [-0.4, -0.2) is 58.4 Å². The summed E-state index contributed by atoms with van der Waals surface area (Å²) in [7, 11) is 0. The van der Waals surface area contributed by atoms with Crippen molar-refractivity contribution in [1.82, 2.24) is 20.2 Å². The van der Waals surface area contributed by atoms with Gasteiger partial charge in [0.25, 0.3) is 0 Å². The molecule has 1 atom stereocenters. The van der Waals surface area contributed by atoms with E-state index in [0.717, 1.165) is 38.9 Å². The average molecular weight is 314 g/mol. The Bertz CT molecular complexity index is 426. The van der Waals surface area contributed by atoms with Crippen molar-refractivity contribution in [2.24, 2.45) is 5.73 Å². The number of hydrogen-bond donors (Lipinski definition) is 4. The molecule has 126 valence electrons. The van der Waals surface area contributed by atoms with Crippen LogP contribution in [0.5, 0.6) is 0 Å². The van der Waals surface area contributed by atoms with Crippen LogP contribution >= 0.6 is 0 Å². The fourth-order valence-corrected chi connectivity index (χ4v) is 2.03. The zero-order valence-electron chi connectivity index (χ0n) is 12.8. The van der Waals surface area contributed by atoms with Crippen LogP contribution < -0.4 is 16.4 Å². The molecule has 0 saturated carbocycles. The van der Waals surface area contributed by atoms with Gasteiger partial charge in [-0.2, -0.15) is 0 Å². The van der Waals surface area contributed by atoms with Gasteiger partial charge in [-0.1, -0.05) is 4.98 Å². The van der Waals surface area contributed by atoms with E-state index >= 15 is 0 Å². The van der Waals surface area contributed by atoms with Crippen molar-refractivity contribution in [1.29, 1.82) is 0 Å². The number of rotatable bonds is 13. The van der Waals surface area contributed by atoms with Gasteiger partial charge in [-0.05, 0) is 50.4 Å². The minimum Gasteiger partial charge on any atom is -0.390 e. The highest BCUT2D eigenvalue weighted by Gasteiger charge is 2.16. The van der Waals surface area contributed by atoms with Crippen LogP contribution in [0.2, 0.25) is 0 Å². The Morgan fingerprint density at radius 2 is 2.00 bits per heavy atom. The van der Waals surface area contributed by atoms with Crippen molar-refractivity contribution >= 4 is 5.95 Å². The van der Waals surface area contributed by atoms with Gasteiger partial charge in [0.05, 0.1) is 12.6 Å². The first-order valence-electron chi connectivity index (χ1n) is 7.60. The zero-order valence-corrected chi connectivity index (χ0v) is 12.8. The maximum atomic E-state index is 10.7. The zero-order chi connectivity index (χ0) is 16.2. The van der Waals surface area contributed by atoms with Crippen LogP contribution in [-0.2, 0) is 6.54 Å². The Balaban J connectivity index is 2.05. The van der Waals surface area contributed by atoms with E-state index < -0.39 is 11.0 Å². The van der Waals surface area contributed by atoms with Crippen molar-refractivity contribution in [3.63, 3.8) is 0 Å². The van der Waals surface area contributed by atoms with E-state index in [2.05, 4.69) is 15.6 Å². The van der Waals surface area contributed by atoms with E-state index in [9.17, 15) is 15.2 Å². The number of unbranched alkanes of at least 4 members (excludes halogenated alkanes) is 1. The molecule has 0 saturated heterocycles. The number of nitrogens with one attached hydrogen (secondary N) is 2. The van der Waals surface area contributed by atoms with E-state index in [4.69, 9.17) is 5.73 Å². The van der Waals surface area contributed by atoms with Gasteiger partial charge in [0.1, 0.15) is 12.4 Å². The summed E-state index contributed by atoms with van der Waals surface area (Å²) in [5.74, 6) is -0.248. The molecule has 0 aliphatic heterocycles. The van der Waals surface area contributed by atoms with Gasteiger partial charge >= 0.3 is 5.95 Å². The van der Waals surface area contributed by atoms with Crippen molar-refractivity contribution < 1.29 is 10.0 Å². The number of aliphatic hydroxyl groups excluding tert-OH is 1. The van der Waals surface area contributed by atoms with Crippen molar-refractivity contribution in [3.8, 4) is 0 Å². The lowest BCUT2D eigenvalue weighted by atomic mass is 10.3. The van der Waals surface area contributed by atoms with Gasteiger partial charge in [0, 0.05) is 6.54 Å². The van der Waals surface area contributed by atoms with Crippen molar-refractivity contribution in [2.45, 2.75) is 31.9 Å². The monoisotopic (exact) mass is 314 g/mol. The second-order valence-electron chi connectivity index (χ2n) is 5.09. The van der Waals surface area contributed by atoms with Crippen LogP contribution in [0, 0.1) is 10.1 Å². The fraction of sp³-hybridized carbons (Fsp3) is 0.769. The number of nitrogens with zero attached hydrogens (tertiary/aromatic N) is 3. The molecule has 9 heteroatoms. The van der Waals surface area contributed by atoms with E-state index in [1.165, 1.54) is 17.0 Å². The minimum atomic E-state index is -0.685. The van der Waals surface area contributed by atoms with Gasteiger partial charge in [-0.25, -0.2) is 4.57 Å². The predicted molar refractivity (Wildman–Crippen MR) is 83.5 cm³/mol. The average Bonchev–Trinajstić information content (AvgIpc) is 2.94. The molecular weight excluding hydrogens is 288 g/mol. The molecule has 0 amide bonds. The molecule has 0 radical (unpaired) electrons. The van der Waals surface area contributed by atoms with E-state index in [-0.39, 0.29) is 12.5 Å². The Labute approximate surface area is 130 Å². The maximum Gasteiger partial charge on any atom is 0.434 e. The molecule has 1 heterocycles. The molecule has 0 aliphatic carbocycles. The Morgan fingerprint density at radius 1 is 1.32 bits per heavy atom. The molecular formula is C13H26N6O3. The molecule has 0 spiro atoms. The molecule has 22 heavy (non-hydrogen) atoms. The standard InChI is InChI=1S/C13H26N6O3/c14-4-3-7-15-5-1-2-6-16-10-12(20)11-18-9-8-17-13(18)19(21)22/h8-9,12,15-16,20H,1-7,10-11,14H2. The van der Waals surface area contributed by atoms with Gasteiger partial charge in [-0.15, -0.1) is 0 Å². The number of aromatic nitrogens is 2. The summed E-state index contributed by atoms with van der Waals surface area (Å²) in [5.41, 5.74) is 5.39. The number of imidazole rings is 1. The lowest BCUT2D eigenvalue weighted by Crippen LogP contribution is -2.31. The highest BCUT2D eigenvalue weighted by Crippen LogP contribution is 2.07. The van der Waals surface area contributed by atoms with Crippen LogP contribution in [0.4, 0.5) is 5.95 Å². The SMILES string of the molecule is NCCCNCCCCNCC(O)Cn1ccnc1[N+](=O)[O-]. The fourth-order valence-electron chi connectivity index (χ4n) is 2.03. The van der Waals surface area contributed by atoms with Gasteiger partial charge < -0.3 is 31.6 Å². The maximum absolute atomic E-state index is 10.7. The van der Waals surface area contributed by atoms with E-state index in [0.29, 0.717) is 13.1 Å². The van der Waals surface area contributed by atoms with Crippen molar-refractivity contribution in [3.05, 3.63) is 22.5 Å². The Hall–Kier alpha value is -1.55. The number of nitrogens with two attached hydrogens (primary N) is 1. The molecule has 5 N–H and O–H groups in total. The second-order valence-corrected chi connectivity index (χ2v) is 5.09. The first-order valence-corrected chi connectivity index (χ1v) is 7.60. The molecule has 0 fully saturated rings. The first-order chi connectivity index (χ1) is 10.6. The van der Waals surface area contributed by atoms with Gasteiger partial charge in [0.2, 0.25) is 0 Å². The Kier molecular flexibility index (Phi) is 9.31. The summed E-state index contributed by atoms with van der Waals surface area (Å²) in [6.45, 7) is 3.99. The summed E-state index contributed by atoms with van der Waals surface area (Å²) < 4.78 is 1.34. The van der Waals surface area contributed by atoms with Crippen LogP contribution in [0.15, 0.2) is 12.4 Å². The molecule has 9 nitrogen and oxygen atoms in total. The van der Waals surface area contributed by atoms with E-state index in [1.54, 1.807) is 0 Å². The third kappa shape index (κ3) is 7.46. The molecule has 1 unspecified atom stereocenters. The summed E-state index contributed by atoms with van der Waals surface area (Å²) in [6, 6.07) is 0. The molecule has 0 bridgehead atoms. The highest BCUT2D eigenvalue weighted by molar-refractivity contribution is 5.06. The molecule has 1 rings (SSSR count). The first kappa shape index (κ1) is 18.5. The Morgan fingerprint density at radius 3 is 2.68 bits per heavy atom. The summed E-state index contributed by atoms with van der Waals surface area (Å²) in [6.07, 6.45) is 5.22. The van der Waals surface area contributed by atoms with Crippen LogP contribution in [0.1, 0.15) is 19.3 Å². The molecule has 0 aliphatic rings. The number of hydrogen-bond acceptors (Lipinski definition) is 7. The summed E-state index contributed by atoms with van der Waals surface area (Å²) in [5, 5.41) is 27.0. The van der Waals surface area contributed by atoms with Crippen LogP contribution in [0.25, 0.3) is 0 Å². The second kappa shape index (κ2) is 11.1. The van der Waals surface area contributed by atoms with Crippen molar-refractivity contribution in [2.75, 3.05) is 32.7 Å². The molecule has 0 aromatic carbocycles. The molecule has 1 aromatic heterocycles. The quantitative estimate of drug-likeness (QED) is 0.218. The minimum absolute atomic E-state index is 0.157. The third-order valence-corrected chi connectivity index (χ3v) is 3.16. The predicted octanol–water partition coefficient (Wildman–Crippen LogP) is -0.540. The number of nitro groups is 1. The van der Waals surface area contributed by atoms with Gasteiger partial charge in [-0.3, -0.25) is 0 Å².